The summed E-state index contributed by atoms with van der Waals surface area (Å²) in [5, 5.41) is 6.23. The molecule has 1 aliphatic carbocycles. The number of ketones is 1. The summed E-state index contributed by atoms with van der Waals surface area (Å²) in [4.78, 5) is 15.6. The van der Waals surface area contributed by atoms with Crippen LogP contribution in [-0.2, 0) is 11.3 Å². The summed E-state index contributed by atoms with van der Waals surface area (Å²) < 4.78 is 53.6. The van der Waals surface area contributed by atoms with Gasteiger partial charge in [0.1, 0.15) is 29.4 Å². The largest absolute Gasteiger partial charge is 0.497 e. The molecule has 2 aromatic carbocycles. The first-order valence-corrected chi connectivity index (χ1v) is 13.8. The quantitative estimate of drug-likeness (QED) is 0.373. The molecule has 6 nitrogen and oxygen atoms in total. The average Bonchev–Trinajstić information content (AvgIpc) is 3.34. The Hall–Kier alpha value is -4.24. The zero-order valence-corrected chi connectivity index (χ0v) is 23.5. The van der Waals surface area contributed by atoms with Crippen molar-refractivity contribution in [3.8, 4) is 5.75 Å². The van der Waals surface area contributed by atoms with E-state index in [-0.39, 0.29) is 42.7 Å². The van der Waals surface area contributed by atoms with Crippen molar-refractivity contribution in [2.75, 3.05) is 13.7 Å². The van der Waals surface area contributed by atoms with Crippen LogP contribution in [0.2, 0.25) is 0 Å². The lowest BCUT2D eigenvalue weighted by atomic mass is 9.91. The van der Waals surface area contributed by atoms with Gasteiger partial charge in [0, 0.05) is 65.4 Å². The van der Waals surface area contributed by atoms with Crippen LogP contribution >= 0.6 is 0 Å². The van der Waals surface area contributed by atoms with Gasteiger partial charge in [-0.15, -0.1) is 0 Å². The number of methoxy groups -OCH3 is 1. The lowest BCUT2D eigenvalue weighted by Gasteiger charge is -2.43. The lowest BCUT2D eigenvalue weighted by molar-refractivity contribution is -0.118. The summed E-state index contributed by atoms with van der Waals surface area (Å²) in [7, 11) is 1.56. The van der Waals surface area contributed by atoms with Crippen LogP contribution in [0, 0.1) is 17.5 Å². The van der Waals surface area contributed by atoms with E-state index in [1.807, 2.05) is 6.08 Å². The predicted molar refractivity (Wildman–Crippen MR) is 155 cm³/mol. The molecule has 2 heterocycles. The number of allylic oxidation sites excluding steroid dienone is 3. The van der Waals surface area contributed by atoms with Crippen LogP contribution in [0.5, 0.6) is 5.75 Å². The van der Waals surface area contributed by atoms with E-state index in [4.69, 9.17) is 9.47 Å². The molecule has 3 unspecified atom stereocenters. The average molecular weight is 578 g/mol. The third kappa shape index (κ3) is 6.16. The number of Topliss-reactive ketones (excluding diaryl/α,β-unsaturated/α-hetero) is 1. The maximum absolute atomic E-state index is 14.3. The van der Waals surface area contributed by atoms with Crippen molar-refractivity contribution in [1.29, 1.82) is 0 Å². The number of carbonyl (C=O) groups is 1. The maximum Gasteiger partial charge on any atom is 0.167 e. The summed E-state index contributed by atoms with van der Waals surface area (Å²) in [6.45, 7) is 12.9. The highest BCUT2D eigenvalue weighted by Gasteiger charge is 2.41. The van der Waals surface area contributed by atoms with Crippen molar-refractivity contribution in [3.63, 3.8) is 0 Å². The zero-order chi connectivity index (χ0) is 30.0. The molecule has 220 valence electrons. The first-order valence-electron chi connectivity index (χ1n) is 13.8. The minimum absolute atomic E-state index is 0.0165. The van der Waals surface area contributed by atoms with Crippen molar-refractivity contribution >= 4 is 5.78 Å². The number of halogens is 3. The van der Waals surface area contributed by atoms with Gasteiger partial charge in [0.25, 0.3) is 0 Å². The summed E-state index contributed by atoms with van der Waals surface area (Å²) in [5.74, 6) is -2.50. The number of ether oxygens (including phenoxy) is 2. The van der Waals surface area contributed by atoms with Crippen LogP contribution in [0.25, 0.3) is 0 Å². The molecule has 5 rings (SSSR count). The minimum Gasteiger partial charge on any atom is -0.497 e. The van der Waals surface area contributed by atoms with Crippen LogP contribution in [0.15, 0.2) is 96.5 Å². The van der Waals surface area contributed by atoms with Gasteiger partial charge < -0.3 is 25.0 Å². The molecule has 1 saturated carbocycles. The molecule has 42 heavy (non-hydrogen) atoms. The number of nitrogens with zero attached hydrogens (tertiary/aromatic N) is 1. The second-order valence-corrected chi connectivity index (χ2v) is 10.7. The third-order valence-electron chi connectivity index (χ3n) is 8.01. The van der Waals surface area contributed by atoms with Crippen LogP contribution < -0.4 is 15.4 Å². The first kappa shape index (κ1) is 29.3. The minimum atomic E-state index is -1.00. The topological polar surface area (TPSA) is 62.8 Å². The van der Waals surface area contributed by atoms with E-state index in [1.54, 1.807) is 37.6 Å². The normalized spacial score (nSPS) is 24.5. The molecule has 0 aromatic heterocycles. The number of benzene rings is 2. The highest BCUT2D eigenvalue weighted by atomic mass is 19.1. The fraction of sp³-hybridized carbons (Fsp3) is 0.303. The molecule has 0 spiro atoms. The van der Waals surface area contributed by atoms with Crippen LogP contribution in [-0.4, -0.2) is 42.7 Å². The number of hydrogen-bond acceptors (Lipinski definition) is 6. The maximum atomic E-state index is 14.3. The highest BCUT2D eigenvalue weighted by Crippen LogP contribution is 2.38. The summed E-state index contributed by atoms with van der Waals surface area (Å²) >= 11 is 0. The molecule has 9 heteroatoms. The van der Waals surface area contributed by atoms with E-state index in [1.165, 1.54) is 0 Å². The Balaban J connectivity index is 1.44. The van der Waals surface area contributed by atoms with E-state index in [0.717, 1.165) is 19.3 Å². The van der Waals surface area contributed by atoms with Crippen LogP contribution in [0.3, 0.4) is 0 Å². The van der Waals surface area contributed by atoms with Gasteiger partial charge in [-0.2, -0.15) is 0 Å². The summed E-state index contributed by atoms with van der Waals surface area (Å²) in [6.07, 6.45) is 6.40. The number of rotatable bonds is 8. The van der Waals surface area contributed by atoms with Crippen LogP contribution in [0.4, 0.5) is 13.2 Å². The molecule has 3 aliphatic rings. The monoisotopic (exact) mass is 577 g/mol. The number of carbonyl (C=O) groups excluding carboxylic acids is 1. The van der Waals surface area contributed by atoms with E-state index < -0.39 is 17.5 Å². The van der Waals surface area contributed by atoms with Crippen molar-refractivity contribution in [3.05, 3.63) is 125 Å². The number of hydrogen-bond donors (Lipinski definition) is 2. The third-order valence-corrected chi connectivity index (χ3v) is 8.01. The molecular formula is C33H34F3N3O3. The smallest absolute Gasteiger partial charge is 0.167 e. The highest BCUT2D eigenvalue weighted by molar-refractivity contribution is 5.98. The van der Waals surface area contributed by atoms with Crippen molar-refractivity contribution in [2.24, 2.45) is 0 Å². The van der Waals surface area contributed by atoms with Gasteiger partial charge >= 0.3 is 0 Å². The lowest BCUT2D eigenvalue weighted by Crippen LogP contribution is -2.51. The Kier molecular flexibility index (Phi) is 8.59. The Morgan fingerprint density at radius 2 is 1.86 bits per heavy atom. The molecule has 2 bridgehead atoms. The summed E-state index contributed by atoms with van der Waals surface area (Å²) in [5.41, 5.74) is 2.81. The molecule has 1 saturated heterocycles. The SMILES string of the molecule is C=C(NCc1c(F)cc(F)cc1F)/C1=C/NCC2OC3CCC(C3)N2C(=C)/C=C(\CC(=O)c2ccc(OC)cc2)C1=C. The van der Waals surface area contributed by atoms with Gasteiger partial charge in [0.05, 0.1) is 19.8 Å². The fourth-order valence-corrected chi connectivity index (χ4v) is 5.78. The molecule has 2 aliphatic heterocycles. The van der Waals surface area contributed by atoms with Gasteiger partial charge in [-0.25, -0.2) is 13.2 Å². The molecular weight excluding hydrogens is 543 g/mol. The van der Waals surface area contributed by atoms with Crippen LogP contribution in [0.1, 0.15) is 41.6 Å². The van der Waals surface area contributed by atoms with Crippen molar-refractivity contribution in [1.82, 2.24) is 15.5 Å². The Morgan fingerprint density at radius 1 is 1.14 bits per heavy atom. The van der Waals surface area contributed by atoms with Gasteiger partial charge in [-0.1, -0.05) is 19.7 Å². The van der Waals surface area contributed by atoms with Gasteiger partial charge in [-0.3, -0.25) is 4.79 Å². The molecule has 3 atom stereocenters. The zero-order valence-electron chi connectivity index (χ0n) is 23.5. The second-order valence-electron chi connectivity index (χ2n) is 10.7. The van der Waals surface area contributed by atoms with E-state index in [9.17, 15) is 18.0 Å². The summed E-state index contributed by atoms with van der Waals surface area (Å²) in [6, 6.07) is 8.41. The van der Waals surface area contributed by atoms with Gasteiger partial charge in [-0.05, 0) is 60.8 Å². The van der Waals surface area contributed by atoms with E-state index in [0.29, 0.717) is 58.1 Å². The fourth-order valence-electron chi connectivity index (χ4n) is 5.78. The standard InChI is InChI=1S/C33H34F3N3O3/c1-19-11-23(12-32(40)22-5-8-26(41-4)9-6-22)20(2)28(16-37-18-33-39(19)25-7-10-27(15-25)42-33)21(3)38-17-29-30(35)13-24(34)14-31(29)36/h5-6,8-9,11,13-14,16,25,27,33,37-38H,1-3,7,10,12,15,17-18H2,4H3/b23-11+,28-16+. The van der Waals surface area contributed by atoms with Gasteiger partial charge in [0.2, 0.25) is 0 Å². The molecule has 2 fully saturated rings. The second kappa shape index (κ2) is 12.3. The Labute approximate surface area is 243 Å². The van der Waals surface area contributed by atoms with E-state index in [2.05, 4.69) is 35.3 Å². The van der Waals surface area contributed by atoms with Gasteiger partial charge in [0.15, 0.2) is 5.78 Å². The van der Waals surface area contributed by atoms with Crippen molar-refractivity contribution < 1.29 is 27.4 Å². The molecule has 2 N–H and O–H groups in total. The first-order chi connectivity index (χ1) is 20.1. The molecule has 2 aromatic rings. The Morgan fingerprint density at radius 3 is 2.55 bits per heavy atom. The van der Waals surface area contributed by atoms with E-state index >= 15 is 0 Å². The van der Waals surface area contributed by atoms with Crippen molar-refractivity contribution in [2.45, 2.75) is 50.6 Å². The molecule has 0 amide bonds. The predicted octanol–water partition coefficient (Wildman–Crippen LogP) is 6.05. The number of fused-ring (bicyclic) bond motifs is 4. The number of nitrogens with one attached hydrogen (secondary N) is 2. The molecule has 0 radical (unpaired) electrons. The Bertz CT molecular complexity index is 1460.